The smallest absolute Gasteiger partial charge is 0.0445 e. The molecule has 6 saturated carbocycles. The molecule has 0 bridgehead atoms. The monoisotopic (exact) mass is 944 g/mol. The summed E-state index contributed by atoms with van der Waals surface area (Å²) in [7, 11) is 0. The quantitative estimate of drug-likeness (QED) is 0.349. The summed E-state index contributed by atoms with van der Waals surface area (Å²) in [5.41, 5.74) is 0. The largest absolute Gasteiger partial charge is 0.550 e. The fourth-order valence-corrected chi connectivity index (χ4v) is 8.97. The molecule has 13 heteroatoms. The normalized spacial score (nSPS) is 33.1. The Morgan fingerprint density at radius 2 is 0.311 bits per heavy atom. The van der Waals surface area contributed by atoms with Crippen LogP contribution in [0.15, 0.2) is 0 Å². The van der Waals surface area contributed by atoms with E-state index in [2.05, 4.69) is 41.5 Å². The van der Waals surface area contributed by atoms with Crippen molar-refractivity contribution in [1.82, 2.24) is 0 Å². The molecule has 0 aliphatic heterocycles. The predicted molar refractivity (Wildman–Crippen MR) is 217 cm³/mol. The van der Waals surface area contributed by atoms with Gasteiger partial charge in [0.2, 0.25) is 0 Å². The molecule has 354 valence electrons. The summed E-state index contributed by atoms with van der Waals surface area (Å²) in [6, 6.07) is 0. The average molecular weight is 943 g/mol. The molecule has 0 saturated heterocycles. The van der Waals surface area contributed by atoms with E-state index in [1.807, 2.05) is 0 Å². The first kappa shape index (κ1) is 58.5. The number of carboxylic acids is 6. The van der Waals surface area contributed by atoms with Crippen LogP contribution in [0.5, 0.6) is 0 Å². The number of carbonyl (C=O) groups excluding carboxylic acids is 6. The van der Waals surface area contributed by atoms with Crippen molar-refractivity contribution in [2.45, 2.75) is 196 Å². The molecule has 6 rings (SSSR count). The third kappa shape index (κ3) is 26.7. The van der Waals surface area contributed by atoms with Crippen LogP contribution in [0.1, 0.15) is 196 Å². The van der Waals surface area contributed by atoms with Gasteiger partial charge in [0.1, 0.15) is 0 Å². The van der Waals surface area contributed by atoms with E-state index in [4.69, 9.17) is 0 Å². The summed E-state index contributed by atoms with van der Waals surface area (Å²) in [4.78, 5) is 62.1. The fourth-order valence-electron chi connectivity index (χ4n) is 8.97. The van der Waals surface area contributed by atoms with Crippen molar-refractivity contribution in [2.75, 3.05) is 0 Å². The Morgan fingerprint density at radius 3 is 0.377 bits per heavy atom. The van der Waals surface area contributed by atoms with Crippen LogP contribution < -0.4 is 30.6 Å². The summed E-state index contributed by atoms with van der Waals surface area (Å²) in [5, 5.41) is 62.1. The Labute approximate surface area is 381 Å². The summed E-state index contributed by atoms with van der Waals surface area (Å²) < 4.78 is 0. The molecule has 0 aromatic heterocycles. The molecule has 0 atom stereocenters. The van der Waals surface area contributed by atoms with Gasteiger partial charge in [-0.2, -0.15) is 0 Å². The van der Waals surface area contributed by atoms with Crippen molar-refractivity contribution in [3.8, 4) is 0 Å². The number of aliphatic carboxylic acids is 6. The summed E-state index contributed by atoms with van der Waals surface area (Å²) in [5.74, 6) is -1.76. The number of hydrogen-bond acceptors (Lipinski definition) is 12. The first-order valence-electron chi connectivity index (χ1n) is 23.4. The van der Waals surface area contributed by atoms with E-state index >= 15 is 0 Å². The van der Waals surface area contributed by atoms with Crippen molar-refractivity contribution in [1.29, 1.82) is 0 Å². The van der Waals surface area contributed by atoms with E-state index < -0.39 is 35.8 Å². The Morgan fingerprint density at radius 1 is 0.230 bits per heavy atom. The molecular formula is C48H78MoO12-6. The molecule has 0 unspecified atom stereocenters. The van der Waals surface area contributed by atoms with Gasteiger partial charge in [-0.1, -0.05) is 119 Å². The second kappa shape index (κ2) is 32.2. The molecule has 0 radical (unpaired) electrons. The van der Waals surface area contributed by atoms with Crippen LogP contribution in [0.25, 0.3) is 0 Å². The van der Waals surface area contributed by atoms with Gasteiger partial charge < -0.3 is 59.4 Å². The minimum Gasteiger partial charge on any atom is -0.550 e. The Balaban J connectivity index is 0.000000706. The molecule has 0 aromatic carbocycles. The standard InChI is InChI=1S/6C8H14O2.Mo/c6*1-6-2-4-7(5-3-6)8(9)10;/h6*6-7H,2-5H2,1H3,(H,9,10);/p-6. The van der Waals surface area contributed by atoms with E-state index in [1.54, 1.807) is 0 Å². The molecule has 0 amide bonds. The zero-order valence-corrected chi connectivity index (χ0v) is 40.2. The topological polar surface area (TPSA) is 241 Å². The van der Waals surface area contributed by atoms with Crippen LogP contribution in [0.4, 0.5) is 0 Å². The predicted octanol–water partition coefficient (Wildman–Crippen LogP) is 3.37. The van der Waals surface area contributed by atoms with Crippen LogP contribution in [0, 0.1) is 71.0 Å². The Hall–Kier alpha value is -2.49. The Kier molecular flexibility index (Phi) is 30.9. The van der Waals surface area contributed by atoms with E-state index in [-0.39, 0.29) is 56.6 Å². The molecule has 0 N–H and O–H groups in total. The average Bonchev–Trinajstić information content (AvgIpc) is 3.20. The molecule has 61 heavy (non-hydrogen) atoms. The van der Waals surface area contributed by atoms with Crippen molar-refractivity contribution >= 4 is 35.8 Å². The van der Waals surface area contributed by atoms with Crippen LogP contribution in [0.2, 0.25) is 0 Å². The van der Waals surface area contributed by atoms with Gasteiger partial charge in [-0.25, -0.2) is 0 Å². The molecule has 12 nitrogen and oxygen atoms in total. The molecule has 6 fully saturated rings. The first-order chi connectivity index (χ1) is 28.2. The fraction of sp³-hybridized carbons (Fsp3) is 0.875. The van der Waals surface area contributed by atoms with Crippen molar-refractivity contribution in [2.24, 2.45) is 71.0 Å². The zero-order valence-electron chi connectivity index (χ0n) is 38.2. The molecule has 0 spiro atoms. The molecule has 6 aliphatic carbocycles. The number of carbonyl (C=O) groups is 6. The number of rotatable bonds is 6. The molecule has 6 aliphatic rings. The molecule has 0 aromatic rings. The third-order valence-electron chi connectivity index (χ3n) is 14.1. The molecule has 0 heterocycles. The summed E-state index contributed by atoms with van der Waals surface area (Å²) >= 11 is 0. The van der Waals surface area contributed by atoms with Crippen molar-refractivity contribution in [3.63, 3.8) is 0 Å². The van der Waals surface area contributed by atoms with E-state index in [0.29, 0.717) is 0 Å². The minimum absolute atomic E-state index is 0. The summed E-state index contributed by atoms with van der Waals surface area (Å²) in [6.45, 7) is 13.0. The Bertz CT molecular complexity index is 995. The van der Waals surface area contributed by atoms with Gasteiger partial charge in [0.25, 0.3) is 0 Å². The van der Waals surface area contributed by atoms with Gasteiger partial charge in [-0.15, -0.1) is 0 Å². The maximum atomic E-state index is 10.3. The van der Waals surface area contributed by atoms with Crippen LogP contribution in [-0.4, -0.2) is 35.8 Å². The third-order valence-corrected chi connectivity index (χ3v) is 14.1. The second-order valence-electron chi connectivity index (χ2n) is 19.7. The van der Waals surface area contributed by atoms with Crippen molar-refractivity contribution < 1.29 is 80.5 Å². The maximum absolute atomic E-state index is 10.3. The molecular weight excluding hydrogens is 864 g/mol. The number of carboxylic acid groups (broad SMARTS) is 6. The number of hydrogen-bond donors (Lipinski definition) is 0. The minimum atomic E-state index is -0.855. The second-order valence-corrected chi connectivity index (χ2v) is 19.7. The zero-order chi connectivity index (χ0) is 45.4. The van der Waals surface area contributed by atoms with E-state index in [1.165, 1.54) is 0 Å². The van der Waals surface area contributed by atoms with Crippen LogP contribution in [0.3, 0.4) is 0 Å². The van der Waals surface area contributed by atoms with Gasteiger partial charge in [-0.05, 0) is 148 Å². The van der Waals surface area contributed by atoms with E-state index in [9.17, 15) is 59.4 Å². The SMILES string of the molecule is CC1CCC(C(=O)[O-])CC1.CC1CCC(C(=O)[O-])CC1.CC1CCC(C(=O)[O-])CC1.CC1CCC(C(=O)[O-])CC1.CC1CCC(C(=O)[O-])CC1.CC1CCC(C(=O)[O-])CC1.[Mo]. The van der Waals surface area contributed by atoms with Crippen LogP contribution in [-0.2, 0) is 49.8 Å². The van der Waals surface area contributed by atoms with Crippen molar-refractivity contribution in [3.05, 3.63) is 0 Å². The summed E-state index contributed by atoms with van der Waals surface area (Å²) in [6.07, 6.45) is 22.5. The van der Waals surface area contributed by atoms with Gasteiger partial charge in [-0.3, -0.25) is 0 Å². The van der Waals surface area contributed by atoms with Crippen LogP contribution >= 0.6 is 0 Å². The van der Waals surface area contributed by atoms with Gasteiger partial charge in [0, 0.05) is 56.9 Å². The van der Waals surface area contributed by atoms with Gasteiger partial charge >= 0.3 is 0 Å². The van der Waals surface area contributed by atoms with Gasteiger partial charge in [0.05, 0.1) is 0 Å². The van der Waals surface area contributed by atoms with Gasteiger partial charge in [0.15, 0.2) is 0 Å². The maximum Gasteiger partial charge on any atom is 0.0445 e. The van der Waals surface area contributed by atoms with E-state index in [0.717, 1.165) is 190 Å². The first-order valence-corrected chi connectivity index (χ1v) is 23.4.